The fraction of sp³-hybridized carbons (Fsp3) is 0.136. The molecule has 0 bridgehead atoms. The SMILES string of the molecule is [C-]#[N+]c1c(-c2ccnc(NCCOC)c2)sc(-c2ncc[nH]2)c1-c1ccc(Cl)cc1Cl. The van der Waals surface area contributed by atoms with Gasteiger partial charge in [0.15, 0.2) is 0 Å². The molecule has 1 aromatic carbocycles. The van der Waals surface area contributed by atoms with E-state index in [0.29, 0.717) is 40.5 Å². The number of anilines is 1. The minimum atomic E-state index is 0.478. The molecule has 2 N–H and O–H groups in total. The van der Waals surface area contributed by atoms with Crippen LogP contribution in [0, 0.1) is 6.57 Å². The molecule has 0 aliphatic heterocycles. The average Bonchev–Trinajstić information content (AvgIpc) is 3.42. The zero-order valence-electron chi connectivity index (χ0n) is 16.4. The van der Waals surface area contributed by atoms with Crippen LogP contribution in [-0.2, 0) is 4.74 Å². The highest BCUT2D eigenvalue weighted by molar-refractivity contribution is 7.20. The minimum absolute atomic E-state index is 0.478. The molecule has 0 spiro atoms. The Balaban J connectivity index is 1.89. The van der Waals surface area contributed by atoms with E-state index < -0.39 is 0 Å². The van der Waals surface area contributed by atoms with E-state index in [2.05, 4.69) is 25.1 Å². The van der Waals surface area contributed by atoms with Gasteiger partial charge in [-0.25, -0.2) is 14.8 Å². The van der Waals surface area contributed by atoms with Gasteiger partial charge in [-0.05, 0) is 35.4 Å². The Morgan fingerprint density at radius 3 is 2.74 bits per heavy atom. The zero-order chi connectivity index (χ0) is 21.8. The lowest BCUT2D eigenvalue weighted by molar-refractivity contribution is 0.210. The number of benzene rings is 1. The number of aromatic amines is 1. The van der Waals surface area contributed by atoms with Gasteiger partial charge in [-0.3, -0.25) is 0 Å². The third kappa shape index (κ3) is 4.43. The van der Waals surface area contributed by atoms with Gasteiger partial charge in [-0.15, -0.1) is 11.3 Å². The summed E-state index contributed by atoms with van der Waals surface area (Å²) in [5.74, 6) is 1.39. The molecular weight excluding hydrogens is 453 g/mol. The Labute approximate surface area is 193 Å². The second kappa shape index (κ2) is 9.50. The summed E-state index contributed by atoms with van der Waals surface area (Å²) in [6.07, 6.45) is 5.16. The molecule has 156 valence electrons. The lowest BCUT2D eigenvalue weighted by atomic mass is 10.0. The number of thiophene rings is 1. The molecule has 0 amide bonds. The van der Waals surface area contributed by atoms with Gasteiger partial charge in [0.05, 0.1) is 18.1 Å². The average molecular weight is 470 g/mol. The van der Waals surface area contributed by atoms with Gasteiger partial charge in [0.1, 0.15) is 11.6 Å². The monoisotopic (exact) mass is 469 g/mol. The van der Waals surface area contributed by atoms with Crippen LogP contribution in [0.25, 0.3) is 37.1 Å². The van der Waals surface area contributed by atoms with Crippen molar-refractivity contribution in [2.45, 2.75) is 0 Å². The van der Waals surface area contributed by atoms with Crippen LogP contribution in [0.4, 0.5) is 11.5 Å². The molecule has 9 heteroatoms. The molecule has 0 aliphatic carbocycles. The van der Waals surface area contributed by atoms with E-state index in [1.54, 1.807) is 37.8 Å². The number of methoxy groups -OCH3 is 1. The Morgan fingerprint density at radius 2 is 2.03 bits per heavy atom. The largest absolute Gasteiger partial charge is 0.383 e. The molecule has 0 unspecified atom stereocenters. The molecule has 4 rings (SSSR count). The molecule has 6 nitrogen and oxygen atoms in total. The number of nitrogens with one attached hydrogen (secondary N) is 2. The van der Waals surface area contributed by atoms with Gasteiger partial charge < -0.3 is 15.0 Å². The van der Waals surface area contributed by atoms with E-state index in [0.717, 1.165) is 26.4 Å². The molecule has 3 heterocycles. The van der Waals surface area contributed by atoms with Gasteiger partial charge in [0, 0.05) is 52.7 Å². The third-order valence-electron chi connectivity index (χ3n) is 4.54. The highest BCUT2D eigenvalue weighted by Crippen LogP contribution is 2.53. The third-order valence-corrected chi connectivity index (χ3v) is 6.33. The van der Waals surface area contributed by atoms with Crippen molar-refractivity contribution in [1.82, 2.24) is 15.0 Å². The van der Waals surface area contributed by atoms with Crippen molar-refractivity contribution in [3.63, 3.8) is 0 Å². The van der Waals surface area contributed by atoms with Crippen LogP contribution in [-0.4, -0.2) is 35.2 Å². The smallest absolute Gasteiger partial charge is 0.213 e. The molecule has 0 saturated carbocycles. The normalized spacial score (nSPS) is 10.8. The number of pyridine rings is 1. The molecular formula is C22H17Cl2N5OS. The second-order valence-corrected chi connectivity index (χ2v) is 8.37. The number of imidazole rings is 1. The van der Waals surface area contributed by atoms with Crippen molar-refractivity contribution in [1.29, 1.82) is 0 Å². The zero-order valence-corrected chi connectivity index (χ0v) is 18.8. The van der Waals surface area contributed by atoms with E-state index in [1.807, 2.05) is 18.2 Å². The van der Waals surface area contributed by atoms with Crippen LogP contribution < -0.4 is 5.32 Å². The Hall–Kier alpha value is -2.89. The van der Waals surface area contributed by atoms with Gasteiger partial charge in [-0.1, -0.05) is 29.3 Å². The first-order chi connectivity index (χ1) is 15.1. The summed E-state index contributed by atoms with van der Waals surface area (Å²) in [5, 5.41) is 4.24. The summed E-state index contributed by atoms with van der Waals surface area (Å²) in [6.45, 7) is 9.15. The Kier molecular flexibility index (Phi) is 6.54. The maximum absolute atomic E-state index is 7.95. The molecule has 0 fully saturated rings. The van der Waals surface area contributed by atoms with Crippen LogP contribution in [0.15, 0.2) is 48.9 Å². The summed E-state index contributed by atoms with van der Waals surface area (Å²) in [4.78, 5) is 17.5. The van der Waals surface area contributed by atoms with Crippen molar-refractivity contribution < 1.29 is 4.74 Å². The summed E-state index contributed by atoms with van der Waals surface area (Å²) in [5.41, 5.74) is 2.86. The van der Waals surface area contributed by atoms with Gasteiger partial charge >= 0.3 is 0 Å². The Morgan fingerprint density at radius 1 is 1.16 bits per heavy atom. The predicted octanol–water partition coefficient (Wildman–Crippen LogP) is 6.78. The molecule has 31 heavy (non-hydrogen) atoms. The van der Waals surface area contributed by atoms with Crippen molar-refractivity contribution >= 4 is 46.0 Å². The van der Waals surface area contributed by atoms with E-state index in [-0.39, 0.29) is 0 Å². The van der Waals surface area contributed by atoms with Crippen LogP contribution >= 0.6 is 34.5 Å². The molecule has 0 aliphatic rings. The number of hydrogen-bond donors (Lipinski definition) is 2. The standard InChI is InChI=1S/C22H17Cl2N5OS/c1-25-19-18(15-4-3-14(23)12-16(15)24)21(22-28-7-8-29-22)31-20(19)13-5-6-26-17(11-13)27-9-10-30-2/h3-8,11-12H,9-10H2,2H3,(H,26,27)(H,28,29). The number of rotatable bonds is 7. The number of nitrogens with zero attached hydrogens (tertiary/aromatic N) is 3. The fourth-order valence-electron chi connectivity index (χ4n) is 3.17. The summed E-state index contributed by atoms with van der Waals surface area (Å²) >= 11 is 14.1. The number of hydrogen-bond acceptors (Lipinski definition) is 5. The quantitative estimate of drug-likeness (QED) is 0.231. The van der Waals surface area contributed by atoms with Crippen molar-refractivity contribution in [3.05, 3.63) is 70.4 Å². The van der Waals surface area contributed by atoms with Crippen LogP contribution in [0.5, 0.6) is 0 Å². The maximum atomic E-state index is 7.95. The van der Waals surface area contributed by atoms with E-state index in [4.69, 9.17) is 34.5 Å². The lowest BCUT2D eigenvalue weighted by Crippen LogP contribution is -2.08. The molecule has 3 aromatic heterocycles. The van der Waals surface area contributed by atoms with Gasteiger partial charge in [0.2, 0.25) is 5.69 Å². The van der Waals surface area contributed by atoms with Gasteiger partial charge in [-0.2, -0.15) is 0 Å². The number of halogens is 2. The summed E-state index contributed by atoms with van der Waals surface area (Å²) in [6, 6.07) is 9.10. The van der Waals surface area contributed by atoms with Crippen molar-refractivity contribution in [3.8, 4) is 32.3 Å². The fourth-order valence-corrected chi connectivity index (χ4v) is 4.89. The van der Waals surface area contributed by atoms with E-state index in [9.17, 15) is 0 Å². The first-order valence-electron chi connectivity index (χ1n) is 9.31. The van der Waals surface area contributed by atoms with Gasteiger partial charge in [0.25, 0.3) is 0 Å². The molecule has 0 radical (unpaired) electrons. The topological polar surface area (TPSA) is 67.2 Å². The predicted molar refractivity (Wildman–Crippen MR) is 127 cm³/mol. The summed E-state index contributed by atoms with van der Waals surface area (Å²) < 4.78 is 5.08. The van der Waals surface area contributed by atoms with Crippen molar-refractivity contribution in [2.75, 3.05) is 25.6 Å². The number of H-pyrrole nitrogens is 1. The molecule has 0 atom stereocenters. The van der Waals surface area contributed by atoms with Crippen LogP contribution in [0.1, 0.15) is 0 Å². The maximum Gasteiger partial charge on any atom is 0.213 e. The minimum Gasteiger partial charge on any atom is -0.383 e. The Bertz CT molecular complexity index is 1250. The second-order valence-electron chi connectivity index (χ2n) is 6.51. The summed E-state index contributed by atoms with van der Waals surface area (Å²) in [7, 11) is 1.65. The van der Waals surface area contributed by atoms with Crippen LogP contribution in [0.3, 0.4) is 0 Å². The molecule has 0 saturated heterocycles. The number of aromatic nitrogens is 3. The van der Waals surface area contributed by atoms with E-state index in [1.165, 1.54) is 11.3 Å². The first kappa shape index (κ1) is 21.3. The highest BCUT2D eigenvalue weighted by Gasteiger charge is 2.25. The lowest BCUT2D eigenvalue weighted by Gasteiger charge is -2.08. The molecule has 4 aromatic rings. The van der Waals surface area contributed by atoms with E-state index >= 15 is 0 Å². The highest BCUT2D eigenvalue weighted by atomic mass is 35.5. The van der Waals surface area contributed by atoms with Crippen molar-refractivity contribution in [2.24, 2.45) is 0 Å². The van der Waals surface area contributed by atoms with Crippen LogP contribution in [0.2, 0.25) is 10.0 Å². The number of ether oxygens (including phenoxy) is 1. The first-order valence-corrected chi connectivity index (χ1v) is 10.9.